The molecule has 0 aliphatic heterocycles. The number of hydrogen-bond donors (Lipinski definition) is 1. The number of benzene rings is 3. The molecule has 0 saturated heterocycles. The summed E-state index contributed by atoms with van der Waals surface area (Å²) in [5.74, 6) is -0.304. The first kappa shape index (κ1) is 22.6. The predicted molar refractivity (Wildman–Crippen MR) is 123 cm³/mol. The number of pyridine rings is 1. The minimum absolute atomic E-state index is 0.224. The van der Waals surface area contributed by atoms with Crippen LogP contribution in [0.3, 0.4) is 0 Å². The molecule has 0 aliphatic carbocycles. The quantitative estimate of drug-likeness (QED) is 0.389. The summed E-state index contributed by atoms with van der Waals surface area (Å²) in [5, 5.41) is 0.224. The van der Waals surface area contributed by atoms with E-state index < -0.39 is 21.8 Å². The summed E-state index contributed by atoms with van der Waals surface area (Å²) in [6, 6.07) is 17.9. The van der Waals surface area contributed by atoms with Gasteiger partial charge in [-0.3, -0.25) is 9.71 Å². The predicted octanol–water partition coefficient (Wildman–Crippen LogP) is 5.97. The molecule has 0 atom stereocenters. The van der Waals surface area contributed by atoms with Gasteiger partial charge in [0.05, 0.1) is 24.4 Å². The van der Waals surface area contributed by atoms with Crippen LogP contribution >= 0.6 is 0 Å². The minimum Gasteiger partial charge on any atom is -0.495 e. The molecule has 1 aromatic heterocycles. The van der Waals surface area contributed by atoms with Crippen LogP contribution in [-0.4, -0.2) is 26.8 Å². The molecule has 5 nitrogen and oxygen atoms in total. The highest BCUT2D eigenvalue weighted by Crippen LogP contribution is 2.45. The van der Waals surface area contributed by atoms with Crippen LogP contribution in [0.15, 0.2) is 72.9 Å². The van der Waals surface area contributed by atoms with Gasteiger partial charge in [0.25, 0.3) is 0 Å². The lowest BCUT2D eigenvalue weighted by molar-refractivity contribution is -0.138. The number of fused-ring (bicyclic) bond motifs is 1. The lowest BCUT2D eigenvalue weighted by Gasteiger charge is -2.18. The summed E-state index contributed by atoms with van der Waals surface area (Å²) in [6.45, 7) is 0. The summed E-state index contributed by atoms with van der Waals surface area (Å²) >= 11 is 0. The number of ether oxygens (including phenoxy) is 1. The molecule has 0 aliphatic rings. The standard InChI is InChI=1S/C24H19F3N2O3S/c1-32-23-20-12-17(15-6-4-3-5-7-15)14-28-22(20)19(13-21(23)24(25,26)27)16-8-10-18(11-9-16)29-33(2,30)31/h3-14,29H,1-2H3. The van der Waals surface area contributed by atoms with E-state index in [0.29, 0.717) is 22.3 Å². The van der Waals surface area contributed by atoms with E-state index in [-0.39, 0.29) is 16.7 Å². The van der Waals surface area contributed by atoms with Crippen LogP contribution < -0.4 is 9.46 Å². The third kappa shape index (κ3) is 4.78. The molecule has 3 aromatic carbocycles. The first-order chi connectivity index (χ1) is 15.6. The fourth-order valence-corrected chi connectivity index (χ4v) is 4.21. The van der Waals surface area contributed by atoms with E-state index in [4.69, 9.17) is 4.74 Å². The van der Waals surface area contributed by atoms with Gasteiger partial charge < -0.3 is 4.74 Å². The molecule has 0 amide bonds. The number of sulfonamides is 1. The van der Waals surface area contributed by atoms with Crippen molar-refractivity contribution in [3.8, 4) is 28.0 Å². The molecule has 1 N–H and O–H groups in total. The third-order valence-electron chi connectivity index (χ3n) is 5.04. The number of anilines is 1. The number of rotatable bonds is 5. The highest BCUT2D eigenvalue weighted by atomic mass is 32.2. The molecule has 0 saturated carbocycles. The summed E-state index contributed by atoms with van der Waals surface area (Å²) in [4.78, 5) is 4.49. The first-order valence-electron chi connectivity index (χ1n) is 9.78. The molecule has 4 aromatic rings. The Hall–Kier alpha value is -3.59. The van der Waals surface area contributed by atoms with E-state index in [0.717, 1.165) is 17.9 Å². The molecular weight excluding hydrogens is 453 g/mol. The Labute approximate surface area is 188 Å². The molecule has 0 bridgehead atoms. The minimum atomic E-state index is -4.66. The Kier molecular flexibility index (Phi) is 5.75. The average Bonchev–Trinajstić information content (AvgIpc) is 2.77. The largest absolute Gasteiger partial charge is 0.495 e. The molecule has 9 heteroatoms. The fraction of sp³-hybridized carbons (Fsp3) is 0.125. The van der Waals surface area contributed by atoms with E-state index in [1.807, 2.05) is 30.3 Å². The summed E-state index contributed by atoms with van der Waals surface area (Å²) in [6.07, 6.45) is -2.04. The second kappa shape index (κ2) is 8.40. The van der Waals surface area contributed by atoms with Crippen molar-refractivity contribution in [1.82, 2.24) is 4.98 Å². The Balaban J connectivity index is 1.96. The smallest absolute Gasteiger partial charge is 0.420 e. The van der Waals surface area contributed by atoms with E-state index >= 15 is 0 Å². The number of hydrogen-bond acceptors (Lipinski definition) is 4. The van der Waals surface area contributed by atoms with Gasteiger partial charge in [0, 0.05) is 28.4 Å². The van der Waals surface area contributed by atoms with Gasteiger partial charge in [-0.15, -0.1) is 0 Å². The number of nitrogens with one attached hydrogen (secondary N) is 1. The van der Waals surface area contributed by atoms with Gasteiger partial charge in [-0.25, -0.2) is 8.42 Å². The molecule has 1 heterocycles. The van der Waals surface area contributed by atoms with Gasteiger partial charge in [0.2, 0.25) is 10.0 Å². The summed E-state index contributed by atoms with van der Waals surface area (Å²) in [7, 11) is -2.28. The van der Waals surface area contributed by atoms with Gasteiger partial charge >= 0.3 is 6.18 Å². The lowest BCUT2D eigenvalue weighted by atomic mass is 9.95. The van der Waals surface area contributed by atoms with Crippen LogP contribution in [0.5, 0.6) is 5.75 Å². The fourth-order valence-electron chi connectivity index (χ4n) is 3.65. The van der Waals surface area contributed by atoms with E-state index in [2.05, 4.69) is 9.71 Å². The van der Waals surface area contributed by atoms with Crippen LogP contribution in [0, 0.1) is 0 Å². The second-order valence-electron chi connectivity index (χ2n) is 7.44. The highest BCUT2D eigenvalue weighted by Gasteiger charge is 2.36. The van der Waals surface area contributed by atoms with Crippen LogP contribution in [0.25, 0.3) is 33.2 Å². The van der Waals surface area contributed by atoms with Crippen molar-refractivity contribution in [2.24, 2.45) is 0 Å². The van der Waals surface area contributed by atoms with E-state index in [9.17, 15) is 21.6 Å². The number of alkyl halides is 3. The van der Waals surface area contributed by atoms with Crippen LogP contribution in [0.4, 0.5) is 18.9 Å². The maximum Gasteiger partial charge on any atom is 0.420 e. The van der Waals surface area contributed by atoms with Crippen molar-refractivity contribution in [2.75, 3.05) is 18.1 Å². The number of nitrogens with zero attached hydrogens (tertiary/aromatic N) is 1. The maximum atomic E-state index is 14.0. The highest BCUT2D eigenvalue weighted by molar-refractivity contribution is 7.92. The monoisotopic (exact) mass is 472 g/mol. The zero-order chi connectivity index (χ0) is 23.8. The first-order valence-corrected chi connectivity index (χ1v) is 11.7. The van der Waals surface area contributed by atoms with Crippen molar-refractivity contribution < 1.29 is 26.3 Å². The molecule has 0 radical (unpaired) electrons. The van der Waals surface area contributed by atoms with Crippen molar-refractivity contribution >= 4 is 26.6 Å². The average molecular weight is 472 g/mol. The third-order valence-corrected chi connectivity index (χ3v) is 5.64. The molecule has 0 spiro atoms. The number of aromatic nitrogens is 1. The zero-order valence-electron chi connectivity index (χ0n) is 17.6. The van der Waals surface area contributed by atoms with Crippen LogP contribution in [0.2, 0.25) is 0 Å². The second-order valence-corrected chi connectivity index (χ2v) is 9.19. The van der Waals surface area contributed by atoms with Crippen LogP contribution in [0.1, 0.15) is 5.56 Å². The van der Waals surface area contributed by atoms with E-state index in [1.54, 1.807) is 24.4 Å². The topological polar surface area (TPSA) is 68.3 Å². The normalized spacial score (nSPS) is 12.0. The zero-order valence-corrected chi connectivity index (χ0v) is 18.5. The van der Waals surface area contributed by atoms with Crippen molar-refractivity contribution in [2.45, 2.75) is 6.18 Å². The van der Waals surface area contributed by atoms with Crippen molar-refractivity contribution in [3.05, 3.63) is 78.5 Å². The number of halogens is 3. The van der Waals surface area contributed by atoms with Crippen LogP contribution in [-0.2, 0) is 16.2 Å². The summed E-state index contributed by atoms with van der Waals surface area (Å²) < 4.78 is 72.3. The number of methoxy groups -OCH3 is 1. The maximum absolute atomic E-state index is 14.0. The molecule has 0 fully saturated rings. The molecule has 4 rings (SSSR count). The lowest BCUT2D eigenvalue weighted by Crippen LogP contribution is -2.09. The Morgan fingerprint density at radius 2 is 1.58 bits per heavy atom. The Morgan fingerprint density at radius 3 is 2.15 bits per heavy atom. The summed E-state index contributed by atoms with van der Waals surface area (Å²) in [5.41, 5.74) is 1.88. The molecular formula is C24H19F3N2O3S. The van der Waals surface area contributed by atoms with Crippen molar-refractivity contribution in [3.63, 3.8) is 0 Å². The van der Waals surface area contributed by atoms with Gasteiger partial charge in [-0.1, -0.05) is 42.5 Å². The Morgan fingerprint density at radius 1 is 0.909 bits per heavy atom. The van der Waals surface area contributed by atoms with Crippen molar-refractivity contribution in [1.29, 1.82) is 0 Å². The Bertz CT molecular complexity index is 1420. The SMILES string of the molecule is COc1c(C(F)(F)F)cc(-c2ccc(NS(C)(=O)=O)cc2)c2ncc(-c3ccccc3)cc12. The van der Waals surface area contributed by atoms with Gasteiger partial charge in [0.1, 0.15) is 5.75 Å². The van der Waals surface area contributed by atoms with Gasteiger partial charge in [-0.2, -0.15) is 13.2 Å². The molecule has 0 unspecified atom stereocenters. The molecule has 33 heavy (non-hydrogen) atoms. The van der Waals surface area contributed by atoms with Gasteiger partial charge in [0.15, 0.2) is 0 Å². The molecule has 170 valence electrons. The van der Waals surface area contributed by atoms with E-state index in [1.165, 1.54) is 19.2 Å². The van der Waals surface area contributed by atoms with Gasteiger partial charge in [-0.05, 0) is 35.4 Å².